The quantitative estimate of drug-likeness (QED) is 0.672. The molecular weight excluding hydrogens is 252 g/mol. The Hall–Kier alpha value is -2.02. The summed E-state index contributed by atoms with van der Waals surface area (Å²) in [6.07, 6.45) is 3.27. The summed E-state index contributed by atoms with van der Waals surface area (Å²) in [6, 6.07) is 5.51. The predicted octanol–water partition coefficient (Wildman–Crippen LogP) is 2.36. The molecule has 6 nitrogen and oxygen atoms in total. The van der Waals surface area contributed by atoms with Crippen molar-refractivity contribution in [2.24, 2.45) is 7.05 Å². The van der Waals surface area contributed by atoms with Crippen LogP contribution in [0.1, 0.15) is 5.69 Å². The van der Waals surface area contributed by atoms with E-state index in [4.69, 9.17) is 8.94 Å². The molecule has 0 amide bonds. The molecular formula is C11H10N4O2S. The zero-order chi connectivity index (χ0) is 12.4. The lowest BCUT2D eigenvalue weighted by Crippen LogP contribution is -1.89. The second-order valence-electron chi connectivity index (χ2n) is 3.67. The van der Waals surface area contributed by atoms with E-state index in [1.807, 2.05) is 29.8 Å². The zero-order valence-electron chi connectivity index (χ0n) is 9.61. The zero-order valence-corrected chi connectivity index (χ0v) is 10.4. The molecule has 0 aliphatic rings. The Morgan fingerprint density at radius 1 is 1.39 bits per heavy atom. The highest BCUT2D eigenvalue weighted by Crippen LogP contribution is 2.24. The van der Waals surface area contributed by atoms with Crippen LogP contribution in [0.15, 0.2) is 44.9 Å². The van der Waals surface area contributed by atoms with Gasteiger partial charge in [0.15, 0.2) is 10.9 Å². The molecule has 0 unspecified atom stereocenters. The topological polar surface area (TPSA) is 69.9 Å². The number of hydrogen-bond acceptors (Lipinski definition) is 6. The van der Waals surface area contributed by atoms with Crippen molar-refractivity contribution in [1.82, 2.24) is 19.9 Å². The van der Waals surface area contributed by atoms with E-state index in [2.05, 4.69) is 15.4 Å². The van der Waals surface area contributed by atoms with E-state index in [1.54, 1.807) is 24.4 Å². The number of aryl methyl sites for hydroxylation is 1. The number of thioether (sulfide) groups is 1. The Morgan fingerprint density at radius 3 is 3.06 bits per heavy atom. The van der Waals surface area contributed by atoms with Gasteiger partial charge in [-0.1, -0.05) is 16.9 Å². The van der Waals surface area contributed by atoms with Gasteiger partial charge in [-0.25, -0.2) is 0 Å². The first kappa shape index (κ1) is 11.1. The molecule has 0 fully saturated rings. The third-order valence-electron chi connectivity index (χ3n) is 2.34. The first-order chi connectivity index (χ1) is 8.83. The lowest BCUT2D eigenvalue weighted by molar-refractivity contribution is 0.413. The molecule has 0 radical (unpaired) electrons. The number of rotatable bonds is 4. The lowest BCUT2D eigenvalue weighted by atomic mass is 10.3. The largest absolute Gasteiger partial charge is 0.461 e. The van der Waals surface area contributed by atoms with Crippen molar-refractivity contribution in [3.63, 3.8) is 0 Å². The summed E-state index contributed by atoms with van der Waals surface area (Å²) >= 11 is 1.55. The Kier molecular flexibility index (Phi) is 2.89. The van der Waals surface area contributed by atoms with Gasteiger partial charge in [-0.15, -0.1) is 10.2 Å². The highest BCUT2D eigenvalue weighted by atomic mass is 32.2. The Labute approximate surface area is 107 Å². The Morgan fingerprint density at radius 2 is 2.33 bits per heavy atom. The highest BCUT2D eigenvalue weighted by Gasteiger charge is 2.10. The normalized spacial score (nSPS) is 10.9. The number of hydrogen-bond donors (Lipinski definition) is 0. The fourth-order valence-corrected chi connectivity index (χ4v) is 2.23. The van der Waals surface area contributed by atoms with Gasteiger partial charge in [0, 0.05) is 18.9 Å². The molecule has 0 N–H and O–H groups in total. The van der Waals surface area contributed by atoms with Crippen LogP contribution < -0.4 is 0 Å². The molecule has 0 saturated carbocycles. The van der Waals surface area contributed by atoms with Gasteiger partial charge in [-0.2, -0.15) is 0 Å². The number of aromatic nitrogens is 4. The second-order valence-corrected chi connectivity index (χ2v) is 4.62. The van der Waals surface area contributed by atoms with Gasteiger partial charge < -0.3 is 13.5 Å². The van der Waals surface area contributed by atoms with Crippen LogP contribution in [0.3, 0.4) is 0 Å². The standard InChI is InChI=1S/C11H10N4O2S/c1-15-7-12-13-11(15)18-6-8-5-10(17-14-8)9-3-2-4-16-9/h2-5,7H,6H2,1H3. The van der Waals surface area contributed by atoms with Crippen molar-refractivity contribution in [3.05, 3.63) is 36.5 Å². The van der Waals surface area contributed by atoms with Crippen molar-refractivity contribution in [2.45, 2.75) is 10.9 Å². The van der Waals surface area contributed by atoms with Crippen molar-refractivity contribution < 1.29 is 8.94 Å². The maximum atomic E-state index is 5.24. The smallest absolute Gasteiger partial charge is 0.202 e. The molecule has 0 spiro atoms. The van der Waals surface area contributed by atoms with Gasteiger partial charge in [-0.3, -0.25) is 0 Å². The Balaban J connectivity index is 1.69. The van der Waals surface area contributed by atoms with Crippen molar-refractivity contribution in [2.75, 3.05) is 0 Å². The van der Waals surface area contributed by atoms with Gasteiger partial charge in [0.25, 0.3) is 0 Å². The molecule has 3 aromatic heterocycles. The van der Waals surface area contributed by atoms with Crippen molar-refractivity contribution in [1.29, 1.82) is 0 Å². The van der Waals surface area contributed by atoms with Gasteiger partial charge in [0.2, 0.25) is 5.76 Å². The molecule has 3 aromatic rings. The average Bonchev–Trinajstić information content (AvgIpc) is 3.08. The minimum atomic E-state index is 0.633. The average molecular weight is 262 g/mol. The van der Waals surface area contributed by atoms with Crippen LogP contribution in [0.4, 0.5) is 0 Å². The summed E-state index contributed by atoms with van der Waals surface area (Å²) in [5, 5.41) is 12.6. The summed E-state index contributed by atoms with van der Waals surface area (Å²) in [6.45, 7) is 0. The number of furan rings is 1. The van der Waals surface area contributed by atoms with Gasteiger partial charge in [0.05, 0.1) is 12.0 Å². The monoisotopic (exact) mass is 262 g/mol. The maximum absolute atomic E-state index is 5.24. The minimum absolute atomic E-state index is 0.633. The minimum Gasteiger partial charge on any atom is -0.461 e. The van der Waals surface area contributed by atoms with Crippen molar-refractivity contribution >= 4 is 11.8 Å². The van der Waals surface area contributed by atoms with Crippen LogP contribution in [0.25, 0.3) is 11.5 Å². The van der Waals surface area contributed by atoms with E-state index in [0.717, 1.165) is 10.9 Å². The summed E-state index contributed by atoms with van der Waals surface area (Å²) in [4.78, 5) is 0. The highest BCUT2D eigenvalue weighted by molar-refractivity contribution is 7.98. The predicted molar refractivity (Wildman–Crippen MR) is 64.8 cm³/mol. The van der Waals surface area contributed by atoms with Crippen LogP contribution in [0, 0.1) is 0 Å². The van der Waals surface area contributed by atoms with Crippen molar-refractivity contribution in [3.8, 4) is 11.5 Å². The summed E-state index contributed by atoms with van der Waals surface area (Å²) in [5.74, 6) is 1.99. The van der Waals surface area contributed by atoms with E-state index in [1.165, 1.54) is 0 Å². The number of nitrogens with zero attached hydrogens (tertiary/aromatic N) is 4. The SMILES string of the molecule is Cn1cnnc1SCc1cc(-c2ccco2)on1. The first-order valence-corrected chi connectivity index (χ1v) is 6.28. The second kappa shape index (κ2) is 4.69. The van der Waals surface area contributed by atoms with Gasteiger partial charge in [0.1, 0.15) is 6.33 Å². The Bertz CT molecular complexity index is 629. The van der Waals surface area contributed by atoms with Gasteiger partial charge in [-0.05, 0) is 12.1 Å². The molecule has 3 heterocycles. The third-order valence-corrected chi connectivity index (χ3v) is 3.41. The van der Waals surface area contributed by atoms with Gasteiger partial charge >= 0.3 is 0 Å². The van der Waals surface area contributed by atoms with Crippen LogP contribution >= 0.6 is 11.8 Å². The van der Waals surface area contributed by atoms with E-state index in [9.17, 15) is 0 Å². The summed E-state index contributed by atoms with van der Waals surface area (Å²) in [5.41, 5.74) is 0.842. The van der Waals surface area contributed by atoms with E-state index < -0.39 is 0 Å². The fraction of sp³-hybridized carbons (Fsp3) is 0.182. The first-order valence-electron chi connectivity index (χ1n) is 5.29. The molecule has 0 atom stereocenters. The summed E-state index contributed by atoms with van der Waals surface area (Å²) in [7, 11) is 1.90. The summed E-state index contributed by atoms with van der Waals surface area (Å²) < 4.78 is 12.3. The molecule has 18 heavy (non-hydrogen) atoms. The molecule has 7 heteroatoms. The van der Waals surface area contributed by atoms with Crippen LogP contribution in [-0.4, -0.2) is 19.9 Å². The third kappa shape index (κ3) is 2.17. The fourth-order valence-electron chi connectivity index (χ4n) is 1.46. The lowest BCUT2D eigenvalue weighted by Gasteiger charge is -1.96. The molecule has 3 rings (SSSR count). The van der Waals surface area contributed by atoms with E-state index in [-0.39, 0.29) is 0 Å². The molecule has 0 aliphatic heterocycles. The molecule has 92 valence electrons. The van der Waals surface area contributed by atoms with Crippen LogP contribution in [0.5, 0.6) is 0 Å². The van der Waals surface area contributed by atoms with E-state index >= 15 is 0 Å². The van der Waals surface area contributed by atoms with E-state index in [0.29, 0.717) is 17.3 Å². The molecule has 0 bridgehead atoms. The molecule has 0 saturated heterocycles. The molecule has 0 aromatic carbocycles. The van der Waals surface area contributed by atoms with Crippen LogP contribution in [0.2, 0.25) is 0 Å². The maximum Gasteiger partial charge on any atom is 0.202 e. The van der Waals surface area contributed by atoms with Crippen LogP contribution in [-0.2, 0) is 12.8 Å². The molecule has 0 aliphatic carbocycles.